The highest BCUT2D eigenvalue weighted by Crippen LogP contribution is 2.40. The number of nitrogens with two attached hydrogens (primary N) is 1. The third kappa shape index (κ3) is 2.42. The number of halogens is 1. The third-order valence-electron chi connectivity index (χ3n) is 2.37. The molecule has 3 nitrogen and oxygen atoms in total. The molecular weight excluding hydrogens is 226 g/mol. The Morgan fingerprint density at radius 3 is 2.50 bits per heavy atom. The van der Waals surface area contributed by atoms with E-state index in [9.17, 15) is 0 Å². The Morgan fingerprint density at radius 1 is 1.25 bits per heavy atom. The smallest absolute Gasteiger partial charge is 0.180 e. The molecule has 0 aliphatic carbocycles. The highest BCUT2D eigenvalue weighted by atomic mass is 35.5. The maximum Gasteiger partial charge on any atom is 0.180 e. The summed E-state index contributed by atoms with van der Waals surface area (Å²) in [5.74, 6) is 1.40. The van der Waals surface area contributed by atoms with Crippen LogP contribution in [0.25, 0.3) is 0 Å². The van der Waals surface area contributed by atoms with Crippen molar-refractivity contribution in [2.75, 3.05) is 13.2 Å². The summed E-state index contributed by atoms with van der Waals surface area (Å²) >= 11 is 6.05. The molecule has 1 aromatic rings. The van der Waals surface area contributed by atoms with Crippen LogP contribution in [0.4, 0.5) is 0 Å². The Labute approximate surface area is 100 Å². The zero-order chi connectivity index (χ0) is 11.8. The number of rotatable bonds is 2. The molecule has 0 saturated carbocycles. The summed E-state index contributed by atoms with van der Waals surface area (Å²) in [5.41, 5.74) is 6.78. The molecule has 0 amide bonds. The van der Waals surface area contributed by atoms with Crippen LogP contribution in [0.3, 0.4) is 0 Å². The van der Waals surface area contributed by atoms with Crippen LogP contribution in [-0.2, 0) is 6.42 Å². The molecule has 0 atom stereocenters. The fourth-order valence-corrected chi connectivity index (χ4v) is 1.99. The second-order valence-electron chi connectivity index (χ2n) is 4.73. The lowest BCUT2D eigenvalue weighted by molar-refractivity contribution is 0.169. The molecule has 0 aromatic heterocycles. The molecule has 0 bridgehead atoms. The maximum atomic E-state index is 6.05. The van der Waals surface area contributed by atoms with E-state index in [2.05, 4.69) is 0 Å². The van der Waals surface area contributed by atoms with Crippen molar-refractivity contribution >= 4 is 11.6 Å². The van der Waals surface area contributed by atoms with Crippen LogP contribution in [-0.4, -0.2) is 18.8 Å². The van der Waals surface area contributed by atoms with Crippen molar-refractivity contribution < 1.29 is 9.47 Å². The standard InChI is InChI=1S/C12H16ClNO2/c1-12(2,14)7-8-3-4-9(13)11-10(8)15-5-6-16-11/h3-4H,5-7,14H2,1-2H3. The van der Waals surface area contributed by atoms with Crippen molar-refractivity contribution in [2.24, 2.45) is 5.73 Å². The van der Waals surface area contributed by atoms with Gasteiger partial charge in [-0.05, 0) is 31.9 Å². The van der Waals surface area contributed by atoms with Crippen LogP contribution >= 0.6 is 11.6 Å². The average molecular weight is 242 g/mol. The summed E-state index contributed by atoms with van der Waals surface area (Å²) in [6.45, 7) is 5.07. The molecule has 1 aliphatic rings. The van der Waals surface area contributed by atoms with E-state index < -0.39 is 0 Å². The molecule has 0 saturated heterocycles. The number of hydrogen-bond donors (Lipinski definition) is 1. The van der Waals surface area contributed by atoms with Gasteiger partial charge in [0.1, 0.15) is 13.2 Å². The summed E-state index contributed by atoms with van der Waals surface area (Å²) in [5, 5.41) is 0.591. The van der Waals surface area contributed by atoms with E-state index in [4.69, 9.17) is 26.8 Å². The van der Waals surface area contributed by atoms with Gasteiger partial charge < -0.3 is 15.2 Å². The van der Waals surface area contributed by atoms with Gasteiger partial charge >= 0.3 is 0 Å². The Hall–Kier alpha value is -0.930. The zero-order valence-corrected chi connectivity index (χ0v) is 10.3. The van der Waals surface area contributed by atoms with Gasteiger partial charge in [-0.3, -0.25) is 0 Å². The Kier molecular flexibility index (Phi) is 3.00. The van der Waals surface area contributed by atoms with Crippen molar-refractivity contribution in [1.29, 1.82) is 0 Å². The van der Waals surface area contributed by atoms with Crippen LogP contribution in [0.5, 0.6) is 11.5 Å². The first kappa shape index (κ1) is 11.6. The minimum Gasteiger partial charge on any atom is -0.486 e. The van der Waals surface area contributed by atoms with E-state index in [0.29, 0.717) is 24.0 Å². The maximum absolute atomic E-state index is 6.05. The van der Waals surface area contributed by atoms with E-state index in [1.807, 2.05) is 26.0 Å². The molecule has 16 heavy (non-hydrogen) atoms. The van der Waals surface area contributed by atoms with Gasteiger partial charge in [0.25, 0.3) is 0 Å². The second kappa shape index (κ2) is 4.15. The highest BCUT2D eigenvalue weighted by molar-refractivity contribution is 6.32. The van der Waals surface area contributed by atoms with Gasteiger partial charge in [-0.15, -0.1) is 0 Å². The van der Waals surface area contributed by atoms with Crippen molar-refractivity contribution in [3.05, 3.63) is 22.7 Å². The lowest BCUT2D eigenvalue weighted by Crippen LogP contribution is -2.34. The molecule has 88 valence electrons. The van der Waals surface area contributed by atoms with Crippen molar-refractivity contribution in [1.82, 2.24) is 0 Å². The SMILES string of the molecule is CC(C)(N)Cc1ccc(Cl)c2c1OCCO2. The molecule has 1 heterocycles. The molecule has 2 N–H and O–H groups in total. The molecule has 4 heteroatoms. The Bertz CT molecular complexity index is 399. The largest absolute Gasteiger partial charge is 0.486 e. The number of hydrogen-bond acceptors (Lipinski definition) is 3. The summed E-state index contributed by atoms with van der Waals surface area (Å²) in [7, 11) is 0. The van der Waals surface area contributed by atoms with Crippen molar-refractivity contribution in [3.63, 3.8) is 0 Å². The predicted octanol–water partition coefficient (Wildman–Crippen LogP) is 2.39. The molecule has 0 unspecified atom stereocenters. The first-order valence-electron chi connectivity index (χ1n) is 5.33. The van der Waals surface area contributed by atoms with E-state index >= 15 is 0 Å². The minimum atomic E-state index is -0.275. The molecule has 0 radical (unpaired) electrons. The van der Waals surface area contributed by atoms with Crippen LogP contribution in [0, 0.1) is 0 Å². The van der Waals surface area contributed by atoms with E-state index in [0.717, 1.165) is 17.7 Å². The van der Waals surface area contributed by atoms with Crippen LogP contribution in [0.2, 0.25) is 5.02 Å². The Balaban J connectivity index is 2.39. The summed E-state index contributed by atoms with van der Waals surface area (Å²) in [6.07, 6.45) is 0.732. The lowest BCUT2D eigenvalue weighted by Gasteiger charge is -2.25. The van der Waals surface area contributed by atoms with E-state index in [1.165, 1.54) is 0 Å². The summed E-state index contributed by atoms with van der Waals surface area (Å²) in [6, 6.07) is 3.78. The second-order valence-corrected chi connectivity index (χ2v) is 5.13. The highest BCUT2D eigenvalue weighted by Gasteiger charge is 2.22. The number of benzene rings is 1. The van der Waals surface area contributed by atoms with Gasteiger partial charge in [-0.25, -0.2) is 0 Å². The number of ether oxygens (including phenoxy) is 2. The van der Waals surface area contributed by atoms with Gasteiger partial charge in [0.2, 0.25) is 0 Å². The van der Waals surface area contributed by atoms with E-state index in [1.54, 1.807) is 0 Å². The fourth-order valence-electron chi connectivity index (χ4n) is 1.79. The van der Waals surface area contributed by atoms with E-state index in [-0.39, 0.29) is 5.54 Å². The molecule has 1 aromatic carbocycles. The average Bonchev–Trinajstić information content (AvgIpc) is 2.21. The topological polar surface area (TPSA) is 44.5 Å². The number of fused-ring (bicyclic) bond motifs is 1. The minimum absolute atomic E-state index is 0.275. The van der Waals surface area contributed by atoms with Gasteiger partial charge in [-0.2, -0.15) is 0 Å². The monoisotopic (exact) mass is 241 g/mol. The first-order valence-corrected chi connectivity index (χ1v) is 5.71. The first-order chi connectivity index (χ1) is 7.47. The quantitative estimate of drug-likeness (QED) is 0.865. The van der Waals surface area contributed by atoms with Crippen LogP contribution in [0.1, 0.15) is 19.4 Å². The molecule has 2 rings (SSSR count). The van der Waals surface area contributed by atoms with Gasteiger partial charge in [0, 0.05) is 5.54 Å². The van der Waals surface area contributed by atoms with Crippen molar-refractivity contribution in [2.45, 2.75) is 25.8 Å². The lowest BCUT2D eigenvalue weighted by atomic mass is 9.95. The summed E-state index contributed by atoms with van der Waals surface area (Å²) in [4.78, 5) is 0. The summed E-state index contributed by atoms with van der Waals surface area (Å²) < 4.78 is 11.1. The van der Waals surface area contributed by atoms with Crippen LogP contribution in [0.15, 0.2) is 12.1 Å². The van der Waals surface area contributed by atoms with Gasteiger partial charge in [0.05, 0.1) is 5.02 Å². The van der Waals surface area contributed by atoms with Gasteiger partial charge in [0.15, 0.2) is 11.5 Å². The third-order valence-corrected chi connectivity index (χ3v) is 2.67. The zero-order valence-electron chi connectivity index (χ0n) is 9.55. The molecule has 0 spiro atoms. The fraction of sp³-hybridized carbons (Fsp3) is 0.500. The molecule has 0 fully saturated rings. The van der Waals surface area contributed by atoms with Crippen molar-refractivity contribution in [3.8, 4) is 11.5 Å². The van der Waals surface area contributed by atoms with Crippen LogP contribution < -0.4 is 15.2 Å². The normalized spacial score (nSPS) is 15.0. The molecule has 1 aliphatic heterocycles. The molecular formula is C12H16ClNO2. The predicted molar refractivity (Wildman–Crippen MR) is 64.4 cm³/mol. The Morgan fingerprint density at radius 2 is 1.88 bits per heavy atom. The van der Waals surface area contributed by atoms with Gasteiger partial charge in [-0.1, -0.05) is 17.7 Å².